The van der Waals surface area contributed by atoms with E-state index in [-0.39, 0.29) is 18.4 Å². The van der Waals surface area contributed by atoms with Gasteiger partial charge in [0.25, 0.3) is 0 Å². The van der Waals surface area contributed by atoms with Crippen LogP contribution in [0.5, 0.6) is 17.2 Å². The molecular weight excluding hydrogens is 511 g/mol. The smallest absolute Gasteiger partial charge is 0.231 e. The molecular formula is C29H32Cl2N2O4. The molecule has 6 nitrogen and oxygen atoms in total. The lowest BCUT2D eigenvalue weighted by Gasteiger charge is -2.32. The summed E-state index contributed by atoms with van der Waals surface area (Å²) in [4.78, 5) is 15.3. The van der Waals surface area contributed by atoms with E-state index >= 15 is 0 Å². The molecule has 1 unspecified atom stereocenters. The number of hydrogen-bond donors (Lipinski definition) is 1. The minimum absolute atomic E-state index is 0.0551. The van der Waals surface area contributed by atoms with Gasteiger partial charge in [-0.25, -0.2) is 0 Å². The Morgan fingerprint density at radius 2 is 1.68 bits per heavy atom. The van der Waals surface area contributed by atoms with Crippen molar-refractivity contribution < 1.29 is 19.0 Å². The van der Waals surface area contributed by atoms with Gasteiger partial charge < -0.3 is 24.8 Å². The van der Waals surface area contributed by atoms with E-state index in [1.165, 1.54) is 0 Å². The quantitative estimate of drug-likeness (QED) is 0.324. The number of halogens is 2. The first-order valence-electron chi connectivity index (χ1n) is 12.4. The molecule has 4 rings (SSSR count). The van der Waals surface area contributed by atoms with Gasteiger partial charge in [-0.1, -0.05) is 35.3 Å². The zero-order valence-electron chi connectivity index (χ0n) is 21.1. The number of carbonyl (C=O) groups excluding carboxylic acids is 1. The molecule has 196 valence electrons. The van der Waals surface area contributed by atoms with Gasteiger partial charge in [0.1, 0.15) is 24.7 Å². The van der Waals surface area contributed by atoms with E-state index in [4.69, 9.17) is 43.1 Å². The van der Waals surface area contributed by atoms with Gasteiger partial charge in [-0.3, -0.25) is 4.79 Å². The van der Waals surface area contributed by atoms with Crippen molar-refractivity contribution in [2.24, 2.45) is 11.7 Å². The minimum atomic E-state index is -0.308. The van der Waals surface area contributed by atoms with E-state index in [1.807, 2.05) is 66.4 Å². The Kier molecular flexibility index (Phi) is 9.19. The van der Waals surface area contributed by atoms with Crippen LogP contribution in [0.1, 0.15) is 23.1 Å². The van der Waals surface area contributed by atoms with E-state index in [0.717, 1.165) is 41.0 Å². The highest BCUT2D eigenvalue weighted by molar-refractivity contribution is 6.37. The number of amides is 1. The summed E-state index contributed by atoms with van der Waals surface area (Å²) in [5.41, 5.74) is 10.1. The molecule has 0 fully saturated rings. The molecule has 2 N–H and O–H groups in total. The summed E-state index contributed by atoms with van der Waals surface area (Å²) in [6, 6.07) is 17.2. The number of rotatable bonds is 10. The van der Waals surface area contributed by atoms with E-state index < -0.39 is 0 Å². The lowest BCUT2D eigenvalue weighted by molar-refractivity contribution is -0.122. The van der Waals surface area contributed by atoms with Crippen molar-refractivity contribution in [3.8, 4) is 17.2 Å². The first kappa shape index (κ1) is 27.1. The van der Waals surface area contributed by atoms with Crippen LogP contribution in [0, 0.1) is 12.8 Å². The number of nitrogens with two attached hydrogens (primary N) is 1. The molecule has 1 heterocycles. The van der Waals surface area contributed by atoms with Crippen LogP contribution in [0.4, 0.5) is 5.69 Å². The third-order valence-electron chi connectivity index (χ3n) is 6.45. The number of methoxy groups -OCH3 is 1. The minimum Gasteiger partial charge on any atom is -0.497 e. The van der Waals surface area contributed by atoms with Crippen molar-refractivity contribution in [1.29, 1.82) is 0 Å². The van der Waals surface area contributed by atoms with Gasteiger partial charge in [-0.15, -0.1) is 0 Å². The fourth-order valence-electron chi connectivity index (χ4n) is 4.56. The molecule has 0 aromatic heterocycles. The average Bonchev–Trinajstić information content (AvgIpc) is 2.90. The number of anilines is 1. The van der Waals surface area contributed by atoms with Crippen molar-refractivity contribution in [2.45, 2.75) is 26.2 Å². The lowest BCUT2D eigenvalue weighted by atomic mass is 9.95. The van der Waals surface area contributed by atoms with E-state index in [1.54, 1.807) is 7.11 Å². The highest BCUT2D eigenvalue weighted by atomic mass is 35.5. The number of aryl methyl sites for hydroxylation is 2. The van der Waals surface area contributed by atoms with Gasteiger partial charge in [-0.05, 0) is 85.3 Å². The molecule has 0 radical (unpaired) electrons. The molecule has 1 aliphatic rings. The number of carbonyl (C=O) groups is 1. The molecule has 0 spiro atoms. The standard InChI is InChI=1S/C29H32Cl2N2O4/c1-19-14-25(30)28(26(31)15-19)37-13-12-36-23-7-5-20(6-8-23)16-22(18-32)29(34)33-11-3-4-21-17-24(35-2)9-10-27(21)33/h5-10,14-15,17,22H,3-4,11-13,16,18,32H2,1-2H3. The third-order valence-corrected chi connectivity index (χ3v) is 7.01. The molecule has 37 heavy (non-hydrogen) atoms. The number of ether oxygens (including phenoxy) is 3. The summed E-state index contributed by atoms with van der Waals surface area (Å²) in [5.74, 6) is 1.72. The fourth-order valence-corrected chi connectivity index (χ4v) is 5.26. The zero-order valence-corrected chi connectivity index (χ0v) is 22.6. The number of nitrogens with zero attached hydrogens (tertiary/aromatic N) is 1. The van der Waals surface area contributed by atoms with Gasteiger partial charge in [0.05, 0.1) is 23.1 Å². The number of hydrogen-bond acceptors (Lipinski definition) is 5. The van der Waals surface area contributed by atoms with Crippen molar-refractivity contribution in [3.63, 3.8) is 0 Å². The van der Waals surface area contributed by atoms with Crippen molar-refractivity contribution in [1.82, 2.24) is 0 Å². The summed E-state index contributed by atoms with van der Waals surface area (Å²) in [5, 5.41) is 0.956. The molecule has 3 aromatic rings. The van der Waals surface area contributed by atoms with Gasteiger partial charge in [0.15, 0.2) is 5.75 Å². The van der Waals surface area contributed by atoms with Crippen LogP contribution in [-0.2, 0) is 17.6 Å². The van der Waals surface area contributed by atoms with Crippen LogP contribution >= 0.6 is 23.2 Å². The largest absolute Gasteiger partial charge is 0.497 e. The molecule has 1 aliphatic heterocycles. The Morgan fingerprint density at radius 3 is 2.35 bits per heavy atom. The molecule has 0 aliphatic carbocycles. The van der Waals surface area contributed by atoms with Gasteiger partial charge >= 0.3 is 0 Å². The van der Waals surface area contributed by atoms with E-state index in [2.05, 4.69) is 0 Å². The maximum Gasteiger partial charge on any atom is 0.231 e. The summed E-state index contributed by atoms with van der Waals surface area (Å²) in [6.45, 7) is 3.54. The highest BCUT2D eigenvalue weighted by Crippen LogP contribution is 2.34. The second-order valence-corrected chi connectivity index (χ2v) is 9.94. The SMILES string of the molecule is COc1ccc2c(c1)CCCN2C(=O)C(CN)Cc1ccc(OCCOc2c(Cl)cc(C)cc2Cl)cc1. The Labute approximate surface area is 228 Å². The Balaban J connectivity index is 1.32. The van der Waals surface area contributed by atoms with Gasteiger partial charge in [0, 0.05) is 18.8 Å². The summed E-state index contributed by atoms with van der Waals surface area (Å²) in [6.07, 6.45) is 2.41. The zero-order chi connectivity index (χ0) is 26.4. The molecule has 1 amide bonds. The lowest BCUT2D eigenvalue weighted by Crippen LogP contribution is -2.42. The van der Waals surface area contributed by atoms with Crippen LogP contribution in [0.2, 0.25) is 10.0 Å². The molecule has 8 heteroatoms. The first-order valence-corrected chi connectivity index (χ1v) is 13.1. The van der Waals surface area contributed by atoms with Crippen molar-refractivity contribution in [2.75, 3.05) is 38.3 Å². The van der Waals surface area contributed by atoms with E-state index in [9.17, 15) is 4.79 Å². The normalized spacial score (nSPS) is 13.6. The van der Waals surface area contributed by atoms with Crippen LogP contribution in [0.25, 0.3) is 0 Å². The molecule has 0 saturated heterocycles. The summed E-state index contributed by atoms with van der Waals surface area (Å²) in [7, 11) is 1.65. The third kappa shape index (κ3) is 6.69. The van der Waals surface area contributed by atoms with Crippen molar-refractivity contribution in [3.05, 3.63) is 81.3 Å². The van der Waals surface area contributed by atoms with Crippen LogP contribution in [0.3, 0.4) is 0 Å². The molecule has 0 bridgehead atoms. The fraction of sp³-hybridized carbons (Fsp3) is 0.345. The van der Waals surface area contributed by atoms with E-state index in [0.29, 0.717) is 47.7 Å². The number of benzene rings is 3. The Bertz CT molecular complexity index is 1210. The molecule has 1 atom stereocenters. The van der Waals surface area contributed by atoms with Crippen LogP contribution < -0.4 is 24.8 Å². The maximum atomic E-state index is 13.4. The second-order valence-electron chi connectivity index (χ2n) is 9.12. The molecule has 3 aromatic carbocycles. The Hall–Kier alpha value is -2.93. The summed E-state index contributed by atoms with van der Waals surface area (Å²) < 4.78 is 16.8. The monoisotopic (exact) mass is 542 g/mol. The second kappa shape index (κ2) is 12.5. The molecule has 0 saturated carbocycles. The predicted octanol–water partition coefficient (Wildman–Crippen LogP) is 5.87. The van der Waals surface area contributed by atoms with Gasteiger partial charge in [-0.2, -0.15) is 0 Å². The topological polar surface area (TPSA) is 74.0 Å². The van der Waals surface area contributed by atoms with Gasteiger partial charge in [0.2, 0.25) is 5.91 Å². The summed E-state index contributed by atoms with van der Waals surface area (Å²) >= 11 is 12.4. The van der Waals surface area contributed by atoms with Crippen molar-refractivity contribution >= 4 is 34.8 Å². The predicted molar refractivity (Wildman–Crippen MR) is 149 cm³/mol. The average molecular weight is 543 g/mol. The van der Waals surface area contributed by atoms with Crippen LogP contribution in [0.15, 0.2) is 54.6 Å². The maximum absolute atomic E-state index is 13.4. The number of fused-ring (bicyclic) bond motifs is 1. The van der Waals surface area contributed by atoms with Crippen LogP contribution in [-0.4, -0.2) is 39.3 Å². The highest BCUT2D eigenvalue weighted by Gasteiger charge is 2.28. The Morgan fingerprint density at radius 1 is 1.00 bits per heavy atom. The first-order chi connectivity index (χ1) is 17.9.